The van der Waals surface area contributed by atoms with Gasteiger partial charge in [-0.1, -0.05) is 50.1 Å². The van der Waals surface area contributed by atoms with Crippen molar-refractivity contribution in [2.45, 2.75) is 58.7 Å². The summed E-state index contributed by atoms with van der Waals surface area (Å²) in [5, 5.41) is 0. The number of unbranched alkanes of at least 4 members (excludes halogenated alkanes) is 2. The summed E-state index contributed by atoms with van der Waals surface area (Å²) in [7, 11) is 0. The van der Waals surface area contributed by atoms with Crippen LogP contribution in [-0.2, 0) is 19.1 Å². The molecule has 0 saturated carbocycles. The highest BCUT2D eigenvalue weighted by Crippen LogP contribution is 2.09. The molecule has 4 nitrogen and oxygen atoms in total. The minimum Gasteiger partial charge on any atom is -0.459 e. The third-order valence-electron chi connectivity index (χ3n) is 3.48. The van der Waals surface area contributed by atoms with E-state index in [1.807, 2.05) is 30.3 Å². The molecule has 23 heavy (non-hydrogen) atoms. The lowest BCUT2D eigenvalue weighted by Gasteiger charge is -2.20. The van der Waals surface area contributed by atoms with Crippen LogP contribution in [0.2, 0.25) is 0 Å². The normalized spacial score (nSPS) is 13.5. The van der Waals surface area contributed by atoms with Gasteiger partial charge in [-0.2, -0.15) is 0 Å². The molecular weight excluding hydrogens is 292 g/mol. The van der Waals surface area contributed by atoms with E-state index in [1.54, 1.807) is 19.9 Å². The van der Waals surface area contributed by atoms with E-state index in [-0.39, 0.29) is 5.97 Å². The summed E-state index contributed by atoms with van der Waals surface area (Å²) in [5.74, 6) is -0.691. The van der Waals surface area contributed by atoms with Crippen LogP contribution in [0.1, 0.15) is 52.0 Å². The van der Waals surface area contributed by atoms with Crippen LogP contribution < -0.4 is 0 Å². The second-order valence-electron chi connectivity index (χ2n) is 5.54. The average molecular weight is 318 g/mol. The summed E-state index contributed by atoms with van der Waals surface area (Å²) in [6.45, 7) is 5.53. The maximum absolute atomic E-state index is 11.8. The Morgan fingerprint density at radius 1 is 1.04 bits per heavy atom. The van der Waals surface area contributed by atoms with E-state index >= 15 is 0 Å². The molecule has 4 heteroatoms. The summed E-state index contributed by atoms with van der Waals surface area (Å²) < 4.78 is 10.5. The van der Waals surface area contributed by atoms with Crippen molar-refractivity contribution in [3.05, 3.63) is 42.0 Å². The number of ether oxygens (including phenoxy) is 2. The second kappa shape index (κ2) is 10.6. The molecule has 1 rings (SSSR count). The van der Waals surface area contributed by atoms with Gasteiger partial charge in [0.15, 0.2) is 0 Å². The van der Waals surface area contributed by atoms with Crippen molar-refractivity contribution in [2.24, 2.45) is 0 Å². The summed E-state index contributed by atoms with van der Waals surface area (Å²) in [6.07, 6.45) is 5.43. The zero-order valence-corrected chi connectivity index (χ0v) is 14.2. The first kappa shape index (κ1) is 18.9. The summed E-state index contributed by atoms with van der Waals surface area (Å²) >= 11 is 0. The Labute approximate surface area is 138 Å². The Morgan fingerprint density at radius 3 is 2.35 bits per heavy atom. The first-order valence-corrected chi connectivity index (χ1v) is 8.16. The molecule has 126 valence electrons. The maximum Gasteiger partial charge on any atom is 0.331 e. The Hall–Kier alpha value is -2.10. The van der Waals surface area contributed by atoms with Crippen molar-refractivity contribution in [1.82, 2.24) is 0 Å². The van der Waals surface area contributed by atoms with Crippen LogP contribution in [0.3, 0.4) is 0 Å². The number of rotatable bonds is 9. The number of carbonyl (C=O) groups excluding carboxylic acids is 2. The molecule has 0 aliphatic heterocycles. The minimum absolute atomic E-state index is 0.242. The fraction of sp³-hybridized carbons (Fsp3) is 0.474. The lowest BCUT2D eigenvalue weighted by Crippen LogP contribution is -2.30. The van der Waals surface area contributed by atoms with Gasteiger partial charge in [0.05, 0.1) is 0 Å². The van der Waals surface area contributed by atoms with Gasteiger partial charge in [-0.3, -0.25) is 4.79 Å². The van der Waals surface area contributed by atoms with Gasteiger partial charge in [-0.05, 0) is 31.9 Å². The highest BCUT2D eigenvalue weighted by molar-refractivity contribution is 5.87. The monoisotopic (exact) mass is 318 g/mol. The summed E-state index contributed by atoms with van der Waals surface area (Å²) in [5.41, 5.74) is 0.924. The topological polar surface area (TPSA) is 52.6 Å². The van der Waals surface area contributed by atoms with Crippen LogP contribution in [0, 0.1) is 0 Å². The number of hydrogen-bond acceptors (Lipinski definition) is 4. The maximum atomic E-state index is 11.8. The molecule has 2 unspecified atom stereocenters. The Bertz CT molecular complexity index is 507. The molecule has 0 aliphatic rings. The smallest absolute Gasteiger partial charge is 0.331 e. The molecule has 2 atom stereocenters. The summed E-state index contributed by atoms with van der Waals surface area (Å²) in [4.78, 5) is 23.4. The molecule has 0 fully saturated rings. The van der Waals surface area contributed by atoms with Crippen molar-refractivity contribution in [1.29, 1.82) is 0 Å². The number of carbonyl (C=O) groups is 2. The van der Waals surface area contributed by atoms with Crippen LogP contribution >= 0.6 is 0 Å². The number of hydrogen-bond donors (Lipinski definition) is 0. The predicted octanol–water partition coefficient (Wildman–Crippen LogP) is 4.14. The van der Waals surface area contributed by atoms with Gasteiger partial charge in [-0.15, -0.1) is 0 Å². The molecule has 0 bridgehead atoms. The van der Waals surface area contributed by atoms with Crippen LogP contribution in [0.25, 0.3) is 6.08 Å². The highest BCUT2D eigenvalue weighted by Gasteiger charge is 2.19. The van der Waals surface area contributed by atoms with Crippen LogP contribution in [0.15, 0.2) is 36.4 Å². The van der Waals surface area contributed by atoms with Crippen LogP contribution in [-0.4, -0.2) is 24.1 Å². The fourth-order valence-electron chi connectivity index (χ4n) is 1.93. The van der Waals surface area contributed by atoms with Crippen molar-refractivity contribution in [3.63, 3.8) is 0 Å². The van der Waals surface area contributed by atoms with Crippen LogP contribution in [0.4, 0.5) is 0 Å². The predicted molar refractivity (Wildman–Crippen MR) is 90.7 cm³/mol. The molecule has 0 heterocycles. The summed E-state index contributed by atoms with van der Waals surface area (Å²) in [6, 6.07) is 9.50. The van der Waals surface area contributed by atoms with Crippen LogP contribution in [0.5, 0.6) is 0 Å². The van der Waals surface area contributed by atoms with Crippen molar-refractivity contribution < 1.29 is 19.1 Å². The van der Waals surface area contributed by atoms with E-state index in [0.717, 1.165) is 24.8 Å². The Balaban J connectivity index is 2.36. The third-order valence-corrected chi connectivity index (χ3v) is 3.48. The molecule has 0 amide bonds. The van der Waals surface area contributed by atoms with E-state index < -0.39 is 18.2 Å². The zero-order chi connectivity index (χ0) is 17.1. The fourth-order valence-corrected chi connectivity index (χ4v) is 1.93. The average Bonchev–Trinajstić information content (AvgIpc) is 2.54. The van der Waals surface area contributed by atoms with Crippen molar-refractivity contribution in [2.75, 3.05) is 0 Å². The standard InChI is InChI=1S/C19H26O4/c1-4-5-7-12-18(20)22-15(2)16(3)23-19(21)14-13-17-10-8-6-9-11-17/h6,8-11,13-16H,4-5,7,12H2,1-3H3/b14-13+. The largest absolute Gasteiger partial charge is 0.459 e. The van der Waals surface area contributed by atoms with Gasteiger partial charge in [0, 0.05) is 12.5 Å². The first-order chi connectivity index (χ1) is 11.0. The van der Waals surface area contributed by atoms with Crippen molar-refractivity contribution in [3.8, 4) is 0 Å². The minimum atomic E-state index is -0.488. The molecule has 0 N–H and O–H groups in total. The Morgan fingerprint density at radius 2 is 1.70 bits per heavy atom. The highest BCUT2D eigenvalue weighted by atomic mass is 16.6. The molecule has 1 aromatic carbocycles. The van der Waals surface area contributed by atoms with Gasteiger partial charge in [0.25, 0.3) is 0 Å². The van der Waals surface area contributed by atoms with E-state index in [0.29, 0.717) is 6.42 Å². The zero-order valence-electron chi connectivity index (χ0n) is 14.2. The SMILES string of the molecule is CCCCCC(=O)OC(C)C(C)OC(=O)/C=C/c1ccccc1. The van der Waals surface area contributed by atoms with E-state index in [2.05, 4.69) is 6.92 Å². The second-order valence-corrected chi connectivity index (χ2v) is 5.54. The molecule has 0 saturated heterocycles. The van der Waals surface area contributed by atoms with E-state index in [4.69, 9.17) is 9.47 Å². The molecule has 0 spiro atoms. The van der Waals surface area contributed by atoms with E-state index in [1.165, 1.54) is 6.08 Å². The van der Waals surface area contributed by atoms with E-state index in [9.17, 15) is 9.59 Å². The molecule has 0 aromatic heterocycles. The number of benzene rings is 1. The lowest BCUT2D eigenvalue weighted by molar-refractivity contribution is -0.162. The Kier molecular flexibility index (Phi) is 8.73. The van der Waals surface area contributed by atoms with Gasteiger partial charge in [-0.25, -0.2) is 4.79 Å². The molecule has 0 radical (unpaired) electrons. The van der Waals surface area contributed by atoms with Crippen molar-refractivity contribution >= 4 is 18.0 Å². The molecule has 1 aromatic rings. The van der Waals surface area contributed by atoms with Gasteiger partial charge >= 0.3 is 11.9 Å². The first-order valence-electron chi connectivity index (χ1n) is 8.16. The van der Waals surface area contributed by atoms with Gasteiger partial charge in [0.2, 0.25) is 0 Å². The third kappa shape index (κ3) is 8.19. The van der Waals surface area contributed by atoms with Gasteiger partial charge < -0.3 is 9.47 Å². The quantitative estimate of drug-likeness (QED) is 0.390. The molecule has 0 aliphatic carbocycles. The number of esters is 2. The molecular formula is C19H26O4. The lowest BCUT2D eigenvalue weighted by atomic mass is 10.2. The van der Waals surface area contributed by atoms with Gasteiger partial charge in [0.1, 0.15) is 12.2 Å².